The second kappa shape index (κ2) is 5.14. The molecule has 0 N–H and O–H groups in total. The van der Waals surface area contributed by atoms with E-state index in [1.54, 1.807) is 0 Å². The van der Waals surface area contributed by atoms with Crippen LogP contribution in [0.25, 0.3) is 0 Å². The number of hydrogen-bond acceptors (Lipinski definition) is 5. The predicted octanol–water partition coefficient (Wildman–Crippen LogP) is 0.388. The zero-order valence-corrected chi connectivity index (χ0v) is 10.6. The van der Waals surface area contributed by atoms with Gasteiger partial charge in [0.2, 0.25) is 0 Å². The molecule has 1 rings (SSSR count). The standard InChI is InChI=1S/C10H18O5S/c1-14-9-5-4-7(16(3,12)13)6-8(9)10(11)15-2/h7-9H,4-6H2,1-3H3. The van der Waals surface area contributed by atoms with E-state index >= 15 is 0 Å². The fraction of sp³-hybridized carbons (Fsp3) is 0.900. The molecular weight excluding hydrogens is 232 g/mol. The molecule has 1 aliphatic rings. The molecule has 1 saturated carbocycles. The molecule has 0 aliphatic heterocycles. The van der Waals surface area contributed by atoms with Crippen LogP contribution in [0.2, 0.25) is 0 Å². The third kappa shape index (κ3) is 2.95. The lowest BCUT2D eigenvalue weighted by Gasteiger charge is -2.32. The molecule has 5 nitrogen and oxygen atoms in total. The molecule has 1 fully saturated rings. The molecule has 0 amide bonds. The van der Waals surface area contributed by atoms with Crippen LogP contribution in [0.4, 0.5) is 0 Å². The van der Waals surface area contributed by atoms with Crippen molar-refractivity contribution in [2.45, 2.75) is 30.6 Å². The SMILES string of the molecule is COC(=O)C1CC(S(C)(=O)=O)CCC1OC. The highest BCUT2D eigenvalue weighted by atomic mass is 32.2. The number of sulfone groups is 1. The van der Waals surface area contributed by atoms with Gasteiger partial charge in [-0.05, 0) is 19.3 Å². The number of hydrogen-bond donors (Lipinski definition) is 0. The molecule has 1 aliphatic carbocycles. The summed E-state index contributed by atoms with van der Waals surface area (Å²) >= 11 is 0. The van der Waals surface area contributed by atoms with Crippen molar-refractivity contribution >= 4 is 15.8 Å². The molecule has 3 unspecified atom stereocenters. The predicted molar refractivity (Wildman–Crippen MR) is 58.8 cm³/mol. The molecule has 0 spiro atoms. The van der Waals surface area contributed by atoms with Crippen molar-refractivity contribution in [3.63, 3.8) is 0 Å². The van der Waals surface area contributed by atoms with E-state index in [2.05, 4.69) is 4.74 Å². The lowest BCUT2D eigenvalue weighted by Crippen LogP contribution is -2.41. The number of rotatable bonds is 3. The number of carbonyl (C=O) groups excluding carboxylic acids is 1. The Bertz CT molecular complexity index is 348. The summed E-state index contributed by atoms with van der Waals surface area (Å²) < 4.78 is 32.8. The summed E-state index contributed by atoms with van der Waals surface area (Å²) in [6, 6.07) is 0. The molecule has 0 heterocycles. The van der Waals surface area contributed by atoms with E-state index in [0.29, 0.717) is 19.3 Å². The van der Waals surface area contributed by atoms with Gasteiger partial charge in [-0.15, -0.1) is 0 Å². The number of methoxy groups -OCH3 is 2. The van der Waals surface area contributed by atoms with Crippen LogP contribution in [-0.4, -0.2) is 46.2 Å². The van der Waals surface area contributed by atoms with Crippen molar-refractivity contribution in [1.29, 1.82) is 0 Å². The highest BCUT2D eigenvalue weighted by Crippen LogP contribution is 2.31. The Kier molecular flexibility index (Phi) is 4.32. The Morgan fingerprint density at radius 2 is 1.88 bits per heavy atom. The van der Waals surface area contributed by atoms with E-state index in [0.717, 1.165) is 0 Å². The highest BCUT2D eigenvalue weighted by Gasteiger charge is 2.39. The van der Waals surface area contributed by atoms with Gasteiger partial charge in [-0.1, -0.05) is 0 Å². The maximum Gasteiger partial charge on any atom is 0.311 e. The minimum Gasteiger partial charge on any atom is -0.469 e. The van der Waals surface area contributed by atoms with Crippen LogP contribution in [-0.2, 0) is 24.1 Å². The third-order valence-corrected chi connectivity index (χ3v) is 4.79. The van der Waals surface area contributed by atoms with Crippen molar-refractivity contribution in [2.24, 2.45) is 5.92 Å². The van der Waals surface area contributed by atoms with Gasteiger partial charge in [-0.3, -0.25) is 4.79 Å². The Balaban J connectivity index is 2.81. The van der Waals surface area contributed by atoms with E-state index in [1.165, 1.54) is 20.5 Å². The Morgan fingerprint density at radius 1 is 1.25 bits per heavy atom. The summed E-state index contributed by atoms with van der Waals surface area (Å²) in [5.41, 5.74) is 0. The second-order valence-corrected chi connectivity index (χ2v) is 6.49. The van der Waals surface area contributed by atoms with Crippen molar-refractivity contribution < 1.29 is 22.7 Å². The summed E-state index contributed by atoms with van der Waals surface area (Å²) in [6.07, 6.45) is 2.40. The van der Waals surface area contributed by atoms with Gasteiger partial charge >= 0.3 is 5.97 Å². The van der Waals surface area contributed by atoms with Gasteiger partial charge in [0.25, 0.3) is 0 Å². The first-order chi connectivity index (χ1) is 7.40. The fourth-order valence-corrected chi connectivity index (χ4v) is 3.30. The Morgan fingerprint density at radius 3 is 2.31 bits per heavy atom. The molecule has 0 saturated heterocycles. The normalized spacial score (nSPS) is 31.1. The Hall–Kier alpha value is -0.620. The monoisotopic (exact) mass is 250 g/mol. The molecule has 16 heavy (non-hydrogen) atoms. The third-order valence-electron chi connectivity index (χ3n) is 3.15. The second-order valence-electron chi connectivity index (χ2n) is 4.17. The first-order valence-corrected chi connectivity index (χ1v) is 7.15. The summed E-state index contributed by atoms with van der Waals surface area (Å²) in [6.45, 7) is 0. The number of ether oxygens (including phenoxy) is 2. The van der Waals surface area contributed by atoms with E-state index in [1.807, 2.05) is 0 Å². The lowest BCUT2D eigenvalue weighted by molar-refractivity contribution is -0.152. The summed E-state index contributed by atoms with van der Waals surface area (Å²) in [5, 5.41) is -0.456. The van der Waals surface area contributed by atoms with Gasteiger partial charge in [-0.25, -0.2) is 8.42 Å². The van der Waals surface area contributed by atoms with Gasteiger partial charge in [-0.2, -0.15) is 0 Å². The van der Waals surface area contributed by atoms with Crippen molar-refractivity contribution in [3.05, 3.63) is 0 Å². The number of esters is 1. The molecule has 6 heteroatoms. The van der Waals surface area contributed by atoms with Gasteiger partial charge < -0.3 is 9.47 Å². The van der Waals surface area contributed by atoms with Gasteiger partial charge in [0.05, 0.1) is 24.4 Å². The summed E-state index contributed by atoms with van der Waals surface area (Å²) in [7, 11) is -0.262. The van der Waals surface area contributed by atoms with Gasteiger partial charge in [0, 0.05) is 13.4 Å². The van der Waals surface area contributed by atoms with E-state index < -0.39 is 21.0 Å². The van der Waals surface area contributed by atoms with Crippen molar-refractivity contribution in [2.75, 3.05) is 20.5 Å². The van der Waals surface area contributed by atoms with Crippen LogP contribution in [0.1, 0.15) is 19.3 Å². The summed E-state index contributed by atoms with van der Waals surface area (Å²) in [4.78, 5) is 11.5. The summed E-state index contributed by atoms with van der Waals surface area (Å²) in [5.74, 6) is -0.858. The fourth-order valence-electron chi connectivity index (χ4n) is 2.17. The van der Waals surface area contributed by atoms with Crippen LogP contribution >= 0.6 is 0 Å². The van der Waals surface area contributed by atoms with Crippen LogP contribution in [0.5, 0.6) is 0 Å². The van der Waals surface area contributed by atoms with Crippen LogP contribution in [0.3, 0.4) is 0 Å². The van der Waals surface area contributed by atoms with Crippen molar-refractivity contribution in [3.8, 4) is 0 Å². The van der Waals surface area contributed by atoms with Crippen LogP contribution in [0.15, 0.2) is 0 Å². The van der Waals surface area contributed by atoms with E-state index in [4.69, 9.17) is 4.74 Å². The first kappa shape index (κ1) is 13.4. The quantitative estimate of drug-likeness (QED) is 0.678. The van der Waals surface area contributed by atoms with Crippen molar-refractivity contribution in [1.82, 2.24) is 0 Å². The Labute approximate surface area is 96.0 Å². The maximum atomic E-state index is 11.5. The minimum absolute atomic E-state index is 0.231. The van der Waals surface area contributed by atoms with E-state index in [9.17, 15) is 13.2 Å². The molecule has 0 bridgehead atoms. The molecule has 0 aromatic carbocycles. The van der Waals surface area contributed by atoms with Crippen LogP contribution < -0.4 is 0 Å². The average molecular weight is 250 g/mol. The van der Waals surface area contributed by atoms with Gasteiger partial charge in [0.15, 0.2) is 0 Å². The molecule has 0 radical (unpaired) electrons. The van der Waals surface area contributed by atoms with Gasteiger partial charge in [0.1, 0.15) is 9.84 Å². The maximum absolute atomic E-state index is 11.5. The number of carbonyl (C=O) groups is 1. The molecule has 0 aromatic heterocycles. The highest BCUT2D eigenvalue weighted by molar-refractivity contribution is 7.91. The van der Waals surface area contributed by atoms with Crippen LogP contribution in [0, 0.1) is 5.92 Å². The topological polar surface area (TPSA) is 69.7 Å². The molecule has 3 atom stereocenters. The average Bonchev–Trinajstić information content (AvgIpc) is 2.25. The van der Waals surface area contributed by atoms with E-state index in [-0.39, 0.29) is 12.1 Å². The lowest BCUT2D eigenvalue weighted by atomic mass is 9.86. The largest absolute Gasteiger partial charge is 0.469 e. The zero-order valence-electron chi connectivity index (χ0n) is 9.80. The zero-order chi connectivity index (χ0) is 12.3. The molecule has 0 aromatic rings. The minimum atomic E-state index is -3.10. The smallest absolute Gasteiger partial charge is 0.311 e. The first-order valence-electron chi connectivity index (χ1n) is 5.19. The molecule has 94 valence electrons. The molecular formula is C10H18O5S.